The van der Waals surface area contributed by atoms with Crippen LogP contribution in [0.15, 0.2) is 12.7 Å². The van der Waals surface area contributed by atoms with Gasteiger partial charge in [0, 0.05) is 8.07 Å². The monoisotopic (exact) mass is 172 g/mol. The number of rotatable bonds is 2. The average molecular weight is 172 g/mol. The van der Waals surface area contributed by atoms with Crippen LogP contribution in [0.25, 0.3) is 0 Å². The summed E-state index contributed by atoms with van der Waals surface area (Å²) in [5.41, 5.74) is 0. The zero-order valence-electron chi connectivity index (χ0n) is 8.40. The molecule has 66 valence electrons. The zero-order valence-corrected chi connectivity index (χ0v) is 9.40. The summed E-state index contributed by atoms with van der Waals surface area (Å²) in [5.74, 6) is 0.0185. The summed E-state index contributed by atoms with van der Waals surface area (Å²) < 4.78 is 0. The van der Waals surface area contributed by atoms with Gasteiger partial charge in [0.25, 0.3) is 0 Å². The van der Waals surface area contributed by atoms with Gasteiger partial charge in [-0.3, -0.25) is 4.79 Å². The molecule has 0 aromatic carbocycles. The van der Waals surface area contributed by atoms with E-state index in [0.29, 0.717) is 0 Å². The van der Waals surface area contributed by atoms with Gasteiger partial charge in [0.2, 0.25) is 0 Å². The molecule has 0 fully saturated rings. The van der Waals surface area contributed by atoms with Crippen LogP contribution in [0.2, 0.25) is 25.7 Å². The Bertz CT molecular complexity index is 122. The van der Waals surface area contributed by atoms with E-state index in [-0.39, 0.29) is 5.78 Å². The normalized spacial score (nSPS) is 9.55. The van der Waals surface area contributed by atoms with Crippen molar-refractivity contribution in [3.05, 3.63) is 12.7 Å². The Balaban J connectivity index is 0. The first-order valence-corrected chi connectivity index (χ1v) is 7.67. The Morgan fingerprint density at radius 3 is 1.64 bits per heavy atom. The van der Waals surface area contributed by atoms with E-state index in [9.17, 15) is 4.79 Å². The molecule has 0 heterocycles. The van der Waals surface area contributed by atoms with Crippen LogP contribution >= 0.6 is 0 Å². The fraction of sp³-hybridized carbons (Fsp3) is 0.667. The predicted octanol–water partition coefficient (Wildman–Crippen LogP) is 3.11. The van der Waals surface area contributed by atoms with Crippen molar-refractivity contribution in [3.63, 3.8) is 0 Å². The van der Waals surface area contributed by atoms with Gasteiger partial charge in [-0.2, -0.15) is 0 Å². The third kappa shape index (κ3) is 26.2. The van der Waals surface area contributed by atoms with E-state index in [1.165, 1.54) is 19.0 Å². The van der Waals surface area contributed by atoms with Crippen molar-refractivity contribution in [1.29, 1.82) is 0 Å². The summed E-state index contributed by atoms with van der Waals surface area (Å²) in [6.45, 7) is 14.1. The molecule has 0 aromatic rings. The Kier molecular flexibility index (Phi) is 7.63. The van der Waals surface area contributed by atoms with Crippen LogP contribution in [0.4, 0.5) is 0 Å². The van der Waals surface area contributed by atoms with Gasteiger partial charge in [0.1, 0.15) is 0 Å². The van der Waals surface area contributed by atoms with E-state index in [4.69, 9.17) is 0 Å². The van der Waals surface area contributed by atoms with Crippen molar-refractivity contribution in [2.45, 2.75) is 39.5 Å². The second-order valence-electron chi connectivity index (χ2n) is 3.73. The van der Waals surface area contributed by atoms with Gasteiger partial charge < -0.3 is 0 Å². The van der Waals surface area contributed by atoms with Crippen LogP contribution in [-0.4, -0.2) is 13.9 Å². The smallest absolute Gasteiger partial charge is 0.152 e. The number of carbonyl (C=O) groups is 1. The van der Waals surface area contributed by atoms with E-state index in [0.717, 1.165) is 0 Å². The molecule has 0 saturated heterocycles. The van der Waals surface area contributed by atoms with Gasteiger partial charge in [-0.1, -0.05) is 39.2 Å². The first kappa shape index (κ1) is 13.2. The Labute approximate surface area is 71.5 Å². The molecule has 0 atom stereocenters. The summed E-state index contributed by atoms with van der Waals surface area (Å²) in [6.07, 6.45) is 1.28. The fourth-order valence-electron chi connectivity index (χ4n) is 0. The molecule has 0 saturated carbocycles. The SMILES string of the molecule is C=CC(C)=O.CC[Si](C)(C)C. The van der Waals surface area contributed by atoms with Crippen LogP contribution in [0.1, 0.15) is 13.8 Å². The lowest BCUT2D eigenvalue weighted by molar-refractivity contribution is -0.112. The van der Waals surface area contributed by atoms with Crippen molar-refractivity contribution >= 4 is 13.9 Å². The lowest BCUT2D eigenvalue weighted by atomic mass is 10.5. The minimum atomic E-state index is -0.631. The number of ketones is 1. The van der Waals surface area contributed by atoms with E-state index < -0.39 is 8.07 Å². The van der Waals surface area contributed by atoms with Crippen LogP contribution in [0.5, 0.6) is 0 Å². The zero-order chi connectivity index (χ0) is 9.49. The largest absolute Gasteiger partial charge is 0.295 e. The molecule has 0 unspecified atom stereocenters. The number of carbonyl (C=O) groups excluding carboxylic acids is 1. The maximum Gasteiger partial charge on any atom is 0.152 e. The molecule has 0 N–H and O–H groups in total. The molecule has 0 aromatic heterocycles. The first-order chi connectivity index (χ1) is 4.83. The summed E-state index contributed by atoms with van der Waals surface area (Å²) in [4.78, 5) is 9.69. The van der Waals surface area contributed by atoms with Crippen molar-refractivity contribution in [2.75, 3.05) is 0 Å². The highest BCUT2D eigenvalue weighted by Crippen LogP contribution is 2.04. The lowest BCUT2D eigenvalue weighted by Crippen LogP contribution is -2.16. The van der Waals surface area contributed by atoms with Gasteiger partial charge in [0.15, 0.2) is 5.78 Å². The van der Waals surface area contributed by atoms with Crippen LogP contribution in [-0.2, 0) is 4.79 Å². The molecule has 0 aliphatic heterocycles. The second-order valence-corrected chi connectivity index (χ2v) is 9.56. The molecule has 0 amide bonds. The van der Waals surface area contributed by atoms with Crippen molar-refractivity contribution in [3.8, 4) is 0 Å². The quantitative estimate of drug-likeness (QED) is 0.462. The molecule has 0 aliphatic carbocycles. The average Bonchev–Trinajstić information content (AvgIpc) is 1.88. The molecule has 11 heavy (non-hydrogen) atoms. The second kappa shape index (κ2) is 6.34. The van der Waals surface area contributed by atoms with Gasteiger partial charge in [-0.05, 0) is 13.0 Å². The molecular weight excluding hydrogens is 152 g/mol. The van der Waals surface area contributed by atoms with E-state index in [2.05, 4.69) is 33.1 Å². The lowest BCUT2D eigenvalue weighted by Gasteiger charge is -2.09. The molecule has 0 bridgehead atoms. The van der Waals surface area contributed by atoms with Gasteiger partial charge in [-0.25, -0.2) is 0 Å². The highest BCUT2D eigenvalue weighted by atomic mass is 28.3. The van der Waals surface area contributed by atoms with Crippen LogP contribution in [0.3, 0.4) is 0 Å². The van der Waals surface area contributed by atoms with Crippen molar-refractivity contribution in [1.82, 2.24) is 0 Å². The fourth-order valence-corrected chi connectivity index (χ4v) is 0. The van der Waals surface area contributed by atoms with Gasteiger partial charge in [0.05, 0.1) is 0 Å². The minimum absolute atomic E-state index is 0.0185. The Morgan fingerprint density at radius 1 is 1.45 bits per heavy atom. The molecular formula is C9H20OSi. The molecule has 0 rings (SSSR count). The first-order valence-electron chi connectivity index (χ1n) is 3.96. The predicted molar refractivity (Wildman–Crippen MR) is 54.7 cm³/mol. The van der Waals surface area contributed by atoms with E-state index in [1.54, 1.807) is 0 Å². The topological polar surface area (TPSA) is 17.1 Å². The van der Waals surface area contributed by atoms with Gasteiger partial charge in [-0.15, -0.1) is 0 Å². The third-order valence-corrected chi connectivity index (χ3v) is 3.47. The maximum atomic E-state index is 9.69. The highest BCUT2D eigenvalue weighted by Gasteiger charge is 2.06. The summed E-state index contributed by atoms with van der Waals surface area (Å²) in [5, 5.41) is 0. The molecule has 0 radical (unpaired) electrons. The Morgan fingerprint density at radius 2 is 1.64 bits per heavy atom. The molecule has 2 heteroatoms. The van der Waals surface area contributed by atoms with E-state index >= 15 is 0 Å². The highest BCUT2D eigenvalue weighted by molar-refractivity contribution is 6.75. The van der Waals surface area contributed by atoms with Crippen LogP contribution in [0, 0.1) is 0 Å². The molecule has 0 spiro atoms. The number of allylic oxidation sites excluding steroid dienone is 1. The van der Waals surface area contributed by atoms with Crippen molar-refractivity contribution < 1.29 is 4.79 Å². The molecule has 1 nitrogen and oxygen atoms in total. The third-order valence-electron chi connectivity index (χ3n) is 1.35. The number of hydrogen-bond acceptors (Lipinski definition) is 1. The van der Waals surface area contributed by atoms with Crippen molar-refractivity contribution in [2.24, 2.45) is 0 Å². The summed E-state index contributed by atoms with van der Waals surface area (Å²) >= 11 is 0. The maximum absolute atomic E-state index is 9.69. The number of hydrogen-bond donors (Lipinski definition) is 0. The standard InChI is InChI=1S/C5H14Si.C4H6O/c1-5-6(2,3)4;1-3-4(2)5/h5H2,1-4H3;3H,1H2,2H3. The van der Waals surface area contributed by atoms with Crippen LogP contribution < -0.4 is 0 Å². The molecule has 0 aliphatic rings. The van der Waals surface area contributed by atoms with E-state index in [1.807, 2.05) is 0 Å². The summed E-state index contributed by atoms with van der Waals surface area (Å²) in [7, 11) is -0.631. The van der Waals surface area contributed by atoms with Gasteiger partial charge >= 0.3 is 0 Å². The summed E-state index contributed by atoms with van der Waals surface area (Å²) in [6, 6.07) is 1.41. The Hall–Kier alpha value is -0.373. The minimum Gasteiger partial charge on any atom is -0.295 e.